The van der Waals surface area contributed by atoms with Crippen molar-refractivity contribution in [3.8, 4) is 0 Å². The number of amides is 1. The fraction of sp³-hybridized carbons (Fsp3) is 0.300. The van der Waals surface area contributed by atoms with Crippen molar-refractivity contribution in [1.82, 2.24) is 15.2 Å². The van der Waals surface area contributed by atoms with Gasteiger partial charge in [-0.25, -0.2) is 4.98 Å². The van der Waals surface area contributed by atoms with Crippen molar-refractivity contribution in [2.75, 3.05) is 37.6 Å². The van der Waals surface area contributed by atoms with Gasteiger partial charge in [-0.05, 0) is 11.6 Å². The number of nitrogens with zero attached hydrogens (tertiary/aromatic N) is 4. The van der Waals surface area contributed by atoms with E-state index < -0.39 is 0 Å². The molecule has 29 heavy (non-hydrogen) atoms. The van der Waals surface area contributed by atoms with Crippen LogP contribution in [0.25, 0.3) is 10.2 Å². The molecule has 4 rings (SSSR count). The van der Waals surface area contributed by atoms with E-state index in [1.165, 1.54) is 17.4 Å². The summed E-state index contributed by atoms with van der Waals surface area (Å²) in [6.07, 6.45) is 0. The summed E-state index contributed by atoms with van der Waals surface area (Å²) in [4.78, 5) is 31.7. The second-order valence-corrected chi connectivity index (χ2v) is 7.94. The minimum absolute atomic E-state index is 0.0228. The number of rotatable bonds is 6. The highest BCUT2D eigenvalue weighted by Gasteiger charge is 2.22. The Labute approximate surface area is 171 Å². The van der Waals surface area contributed by atoms with Crippen molar-refractivity contribution >= 4 is 38.3 Å². The first-order valence-corrected chi connectivity index (χ1v) is 10.2. The Hall–Kier alpha value is -3.04. The number of non-ortho nitro benzene ring substituents is 1. The molecule has 0 spiro atoms. The van der Waals surface area contributed by atoms with Crippen molar-refractivity contribution in [2.45, 2.75) is 6.54 Å². The summed E-state index contributed by atoms with van der Waals surface area (Å²) in [5, 5.41) is 14.8. The third-order valence-corrected chi connectivity index (χ3v) is 5.99. The molecule has 1 saturated heterocycles. The second kappa shape index (κ2) is 8.54. The third-order valence-electron chi connectivity index (χ3n) is 4.91. The zero-order valence-corrected chi connectivity index (χ0v) is 16.6. The first-order valence-electron chi connectivity index (χ1n) is 9.41. The van der Waals surface area contributed by atoms with Crippen molar-refractivity contribution in [2.24, 2.45) is 0 Å². The Balaban J connectivity index is 1.29. The lowest BCUT2D eigenvalue weighted by atomic mass is 10.2. The van der Waals surface area contributed by atoms with Gasteiger partial charge in [0.2, 0.25) is 5.91 Å². The van der Waals surface area contributed by atoms with Gasteiger partial charge in [0.1, 0.15) is 0 Å². The van der Waals surface area contributed by atoms with E-state index in [0.29, 0.717) is 13.1 Å². The van der Waals surface area contributed by atoms with Crippen molar-refractivity contribution in [1.29, 1.82) is 0 Å². The molecule has 1 aliphatic heterocycles. The zero-order valence-electron chi connectivity index (χ0n) is 15.8. The fourth-order valence-corrected chi connectivity index (χ4v) is 4.35. The number of carbonyl (C=O) groups excluding carboxylic acids is 1. The Kier molecular flexibility index (Phi) is 5.68. The summed E-state index contributed by atoms with van der Waals surface area (Å²) in [5.74, 6) is 0.0228. The highest BCUT2D eigenvalue weighted by Crippen LogP contribution is 2.31. The van der Waals surface area contributed by atoms with Gasteiger partial charge in [0.25, 0.3) is 5.69 Å². The lowest BCUT2D eigenvalue weighted by Crippen LogP contribution is -2.49. The van der Waals surface area contributed by atoms with E-state index in [2.05, 4.69) is 20.1 Å². The first kappa shape index (κ1) is 19.3. The Morgan fingerprint density at radius 3 is 2.62 bits per heavy atom. The third kappa shape index (κ3) is 4.69. The predicted molar refractivity (Wildman–Crippen MR) is 113 cm³/mol. The highest BCUT2D eigenvalue weighted by molar-refractivity contribution is 7.22. The van der Waals surface area contributed by atoms with Crippen LogP contribution in [-0.2, 0) is 11.3 Å². The van der Waals surface area contributed by atoms with Crippen LogP contribution in [0.15, 0.2) is 48.5 Å². The Bertz CT molecular complexity index is 1020. The van der Waals surface area contributed by atoms with Gasteiger partial charge in [0.15, 0.2) is 5.13 Å². The van der Waals surface area contributed by atoms with Crippen LogP contribution in [0, 0.1) is 10.1 Å². The van der Waals surface area contributed by atoms with E-state index in [1.807, 2.05) is 30.3 Å². The van der Waals surface area contributed by atoms with E-state index in [1.54, 1.807) is 12.1 Å². The molecule has 0 radical (unpaired) electrons. The van der Waals surface area contributed by atoms with E-state index >= 15 is 0 Å². The molecule has 1 aromatic heterocycles. The molecule has 1 N–H and O–H groups in total. The number of nitro benzene ring substituents is 1. The summed E-state index contributed by atoms with van der Waals surface area (Å²) >= 11 is 1.47. The molecule has 3 aromatic rings. The molecule has 0 saturated carbocycles. The van der Waals surface area contributed by atoms with Gasteiger partial charge in [0, 0.05) is 44.9 Å². The lowest BCUT2D eigenvalue weighted by molar-refractivity contribution is -0.384. The molecule has 0 unspecified atom stereocenters. The SMILES string of the molecule is O=C(CN1CCN(c2nc3ccc([N+](=O)[O-])cc3s2)CC1)NCc1ccccc1. The number of thiazole rings is 1. The minimum Gasteiger partial charge on any atom is -0.351 e. The maximum absolute atomic E-state index is 12.2. The number of fused-ring (bicyclic) bond motifs is 1. The molecule has 2 heterocycles. The normalized spacial score (nSPS) is 14.8. The van der Waals surface area contributed by atoms with Crippen LogP contribution < -0.4 is 10.2 Å². The summed E-state index contributed by atoms with van der Waals surface area (Å²) in [6, 6.07) is 14.6. The molecule has 1 fully saturated rings. The quantitative estimate of drug-likeness (QED) is 0.495. The largest absolute Gasteiger partial charge is 0.351 e. The van der Waals surface area contributed by atoms with Crippen LogP contribution in [0.4, 0.5) is 10.8 Å². The monoisotopic (exact) mass is 411 g/mol. The maximum atomic E-state index is 12.2. The van der Waals surface area contributed by atoms with Crippen LogP contribution in [0.3, 0.4) is 0 Å². The van der Waals surface area contributed by atoms with Gasteiger partial charge in [-0.15, -0.1) is 0 Å². The number of nitrogens with one attached hydrogen (secondary N) is 1. The van der Waals surface area contributed by atoms with Crippen LogP contribution in [0.5, 0.6) is 0 Å². The van der Waals surface area contributed by atoms with Gasteiger partial charge in [-0.3, -0.25) is 19.8 Å². The van der Waals surface area contributed by atoms with Crippen molar-refractivity contribution in [3.05, 3.63) is 64.2 Å². The molecule has 0 aliphatic carbocycles. The lowest BCUT2D eigenvalue weighted by Gasteiger charge is -2.34. The van der Waals surface area contributed by atoms with Crippen LogP contribution >= 0.6 is 11.3 Å². The number of nitro groups is 1. The molecule has 8 nitrogen and oxygen atoms in total. The first-order chi connectivity index (χ1) is 14.1. The molecule has 0 atom stereocenters. The predicted octanol–water partition coefficient (Wildman–Crippen LogP) is 2.64. The van der Waals surface area contributed by atoms with Gasteiger partial charge >= 0.3 is 0 Å². The number of aromatic nitrogens is 1. The number of hydrogen-bond acceptors (Lipinski definition) is 7. The van der Waals surface area contributed by atoms with Gasteiger partial charge in [-0.2, -0.15) is 0 Å². The minimum atomic E-state index is -0.388. The standard InChI is InChI=1S/C20H21N5O3S/c26-19(21-13-15-4-2-1-3-5-15)14-23-8-10-24(11-9-23)20-22-17-7-6-16(25(27)28)12-18(17)29-20/h1-7,12H,8-11,13-14H2,(H,21,26). The zero-order chi connectivity index (χ0) is 20.2. The van der Waals surface area contributed by atoms with Crippen LogP contribution in [-0.4, -0.2) is 53.4 Å². The van der Waals surface area contributed by atoms with Crippen LogP contribution in [0.2, 0.25) is 0 Å². The highest BCUT2D eigenvalue weighted by atomic mass is 32.1. The van der Waals surface area contributed by atoms with E-state index in [0.717, 1.165) is 47.1 Å². The molecule has 1 amide bonds. The number of carbonyl (C=O) groups is 1. The molecule has 0 bridgehead atoms. The number of anilines is 1. The molecular formula is C20H21N5O3S. The molecule has 150 valence electrons. The van der Waals surface area contributed by atoms with Crippen LogP contribution in [0.1, 0.15) is 5.56 Å². The summed E-state index contributed by atoms with van der Waals surface area (Å²) in [6.45, 7) is 4.01. The van der Waals surface area contributed by atoms with Gasteiger partial charge in [-0.1, -0.05) is 41.7 Å². The summed E-state index contributed by atoms with van der Waals surface area (Å²) < 4.78 is 0.817. The molecule has 9 heteroatoms. The average molecular weight is 411 g/mol. The smallest absolute Gasteiger partial charge is 0.270 e. The number of hydrogen-bond donors (Lipinski definition) is 1. The van der Waals surface area contributed by atoms with Gasteiger partial charge in [0.05, 0.1) is 21.7 Å². The van der Waals surface area contributed by atoms with Crippen molar-refractivity contribution < 1.29 is 9.72 Å². The van der Waals surface area contributed by atoms with E-state index in [-0.39, 0.29) is 16.5 Å². The maximum Gasteiger partial charge on any atom is 0.270 e. The second-order valence-electron chi connectivity index (χ2n) is 6.93. The number of benzene rings is 2. The van der Waals surface area contributed by atoms with E-state index in [9.17, 15) is 14.9 Å². The Morgan fingerprint density at radius 1 is 1.14 bits per heavy atom. The van der Waals surface area contributed by atoms with Crippen molar-refractivity contribution in [3.63, 3.8) is 0 Å². The summed E-state index contributed by atoms with van der Waals surface area (Å²) in [5.41, 5.74) is 1.94. The topological polar surface area (TPSA) is 91.6 Å². The fourth-order valence-electron chi connectivity index (χ4n) is 3.30. The molecular weight excluding hydrogens is 390 g/mol. The molecule has 2 aromatic carbocycles. The average Bonchev–Trinajstić information content (AvgIpc) is 3.17. The Morgan fingerprint density at radius 2 is 1.90 bits per heavy atom. The van der Waals surface area contributed by atoms with Gasteiger partial charge < -0.3 is 10.2 Å². The number of piperazine rings is 1. The molecule has 1 aliphatic rings. The van der Waals surface area contributed by atoms with E-state index in [4.69, 9.17) is 0 Å². The summed E-state index contributed by atoms with van der Waals surface area (Å²) in [7, 11) is 0.